The van der Waals surface area contributed by atoms with Crippen LogP contribution in [0.5, 0.6) is 0 Å². The lowest BCUT2D eigenvalue weighted by Crippen LogP contribution is -2.35. The van der Waals surface area contributed by atoms with Gasteiger partial charge in [0.25, 0.3) is 5.91 Å². The number of nitrogens with zero attached hydrogens (tertiary/aromatic N) is 2. The van der Waals surface area contributed by atoms with E-state index in [2.05, 4.69) is 11.9 Å². The van der Waals surface area contributed by atoms with Gasteiger partial charge in [0.05, 0.1) is 0 Å². The van der Waals surface area contributed by atoms with Crippen molar-refractivity contribution in [3.05, 3.63) is 59.9 Å². The highest BCUT2D eigenvalue weighted by Crippen LogP contribution is 2.31. The molecule has 0 radical (unpaired) electrons. The van der Waals surface area contributed by atoms with Gasteiger partial charge >= 0.3 is 0 Å². The molecule has 1 amide bonds. The number of likely N-dealkylation sites (tertiary alicyclic amines) is 2. The quantitative estimate of drug-likeness (QED) is 0.846. The maximum atomic E-state index is 13.4. The third kappa shape index (κ3) is 2.71. The molecule has 0 bridgehead atoms. The van der Waals surface area contributed by atoms with Crippen LogP contribution in [-0.4, -0.2) is 48.4 Å². The van der Waals surface area contributed by atoms with Gasteiger partial charge in [0.1, 0.15) is 5.82 Å². The van der Waals surface area contributed by atoms with Crippen LogP contribution in [0.2, 0.25) is 0 Å². The van der Waals surface area contributed by atoms with E-state index in [9.17, 15) is 9.18 Å². The Balaban J connectivity index is 1.57. The van der Waals surface area contributed by atoms with Crippen molar-refractivity contribution < 1.29 is 9.18 Å². The van der Waals surface area contributed by atoms with Crippen LogP contribution in [0.3, 0.4) is 0 Å². The summed E-state index contributed by atoms with van der Waals surface area (Å²) >= 11 is 0. The zero-order valence-corrected chi connectivity index (χ0v) is 13.8. The highest BCUT2D eigenvalue weighted by atomic mass is 19.1. The summed E-state index contributed by atoms with van der Waals surface area (Å²) in [6.07, 6.45) is 1.17. The number of carbonyl (C=O) groups excluding carboxylic acids is 1. The summed E-state index contributed by atoms with van der Waals surface area (Å²) in [5, 5.41) is 0. The van der Waals surface area contributed by atoms with E-state index in [0.29, 0.717) is 17.5 Å². The third-order valence-corrected chi connectivity index (χ3v) is 5.38. The molecule has 2 aliphatic rings. The minimum Gasteiger partial charge on any atom is -0.337 e. The lowest BCUT2D eigenvalue weighted by Gasteiger charge is -2.21. The third-order valence-electron chi connectivity index (χ3n) is 5.38. The predicted octanol–water partition coefficient (Wildman–Crippen LogP) is 3.27. The first-order valence-electron chi connectivity index (χ1n) is 8.47. The van der Waals surface area contributed by atoms with Crippen LogP contribution in [0.4, 0.5) is 4.39 Å². The van der Waals surface area contributed by atoms with Crippen LogP contribution in [0.15, 0.2) is 48.5 Å². The number of amides is 1. The number of carbonyl (C=O) groups is 1. The Bertz CT molecular complexity index is 776. The molecule has 2 fully saturated rings. The van der Waals surface area contributed by atoms with E-state index in [4.69, 9.17) is 0 Å². The Morgan fingerprint density at radius 3 is 2.58 bits per heavy atom. The van der Waals surface area contributed by atoms with Crippen LogP contribution in [-0.2, 0) is 0 Å². The number of fused-ring (bicyclic) bond motifs is 1. The summed E-state index contributed by atoms with van der Waals surface area (Å²) < 4.78 is 13.4. The van der Waals surface area contributed by atoms with E-state index in [1.165, 1.54) is 18.6 Å². The number of rotatable bonds is 2. The molecule has 3 nitrogen and oxygen atoms in total. The average Bonchev–Trinajstić information content (AvgIpc) is 3.17. The molecule has 2 aromatic carbocycles. The summed E-state index contributed by atoms with van der Waals surface area (Å²) in [6.45, 7) is 2.79. The molecule has 0 N–H and O–H groups in total. The van der Waals surface area contributed by atoms with E-state index >= 15 is 0 Å². The van der Waals surface area contributed by atoms with Crippen LogP contribution in [0.1, 0.15) is 16.8 Å². The van der Waals surface area contributed by atoms with Crippen molar-refractivity contribution in [3.63, 3.8) is 0 Å². The second kappa shape index (κ2) is 6.02. The van der Waals surface area contributed by atoms with Gasteiger partial charge in [-0.2, -0.15) is 0 Å². The molecule has 2 atom stereocenters. The van der Waals surface area contributed by atoms with Crippen molar-refractivity contribution in [2.24, 2.45) is 5.92 Å². The first-order chi connectivity index (χ1) is 11.6. The van der Waals surface area contributed by atoms with Crippen LogP contribution in [0, 0.1) is 11.7 Å². The second-order valence-corrected chi connectivity index (χ2v) is 6.90. The van der Waals surface area contributed by atoms with Gasteiger partial charge < -0.3 is 9.80 Å². The van der Waals surface area contributed by atoms with E-state index in [1.54, 1.807) is 6.07 Å². The highest BCUT2D eigenvalue weighted by molar-refractivity contribution is 5.95. The molecule has 0 aliphatic carbocycles. The fourth-order valence-corrected chi connectivity index (χ4v) is 4.02. The van der Waals surface area contributed by atoms with Gasteiger partial charge in [0, 0.05) is 24.7 Å². The molecule has 4 rings (SSSR count). The first kappa shape index (κ1) is 15.3. The maximum absolute atomic E-state index is 13.4. The molecule has 0 saturated carbocycles. The van der Waals surface area contributed by atoms with Gasteiger partial charge in [-0.3, -0.25) is 4.79 Å². The molecular weight excluding hydrogens is 303 g/mol. The van der Waals surface area contributed by atoms with E-state index in [-0.39, 0.29) is 11.7 Å². The topological polar surface area (TPSA) is 23.6 Å². The highest BCUT2D eigenvalue weighted by Gasteiger charge is 2.41. The van der Waals surface area contributed by atoms with Crippen molar-refractivity contribution in [3.8, 4) is 11.1 Å². The molecule has 24 heavy (non-hydrogen) atoms. The molecule has 0 unspecified atom stereocenters. The number of halogens is 1. The smallest absolute Gasteiger partial charge is 0.253 e. The van der Waals surface area contributed by atoms with E-state index in [1.807, 2.05) is 35.2 Å². The second-order valence-electron chi connectivity index (χ2n) is 6.90. The minimum absolute atomic E-state index is 0.0797. The molecule has 2 aromatic rings. The lowest BCUT2D eigenvalue weighted by molar-refractivity contribution is 0.0774. The largest absolute Gasteiger partial charge is 0.337 e. The first-order valence-corrected chi connectivity index (χ1v) is 8.47. The van der Waals surface area contributed by atoms with E-state index in [0.717, 1.165) is 30.8 Å². The van der Waals surface area contributed by atoms with E-state index < -0.39 is 0 Å². The van der Waals surface area contributed by atoms with Crippen molar-refractivity contribution in [2.45, 2.75) is 12.5 Å². The Labute approximate surface area is 141 Å². The maximum Gasteiger partial charge on any atom is 0.253 e. The summed E-state index contributed by atoms with van der Waals surface area (Å²) in [5.41, 5.74) is 2.35. The molecule has 0 spiro atoms. The summed E-state index contributed by atoms with van der Waals surface area (Å²) in [5.74, 6) is 0.418. The SMILES string of the molecule is CN1CC[C@H]2CN(C(=O)c3cccc(-c4cccc(F)c4)c3)C[C@H]21. The van der Waals surface area contributed by atoms with Crippen molar-refractivity contribution in [1.82, 2.24) is 9.80 Å². The van der Waals surface area contributed by atoms with Gasteiger partial charge in [-0.1, -0.05) is 24.3 Å². The number of benzene rings is 2. The minimum atomic E-state index is -0.264. The van der Waals surface area contributed by atoms with Gasteiger partial charge in [-0.05, 0) is 61.3 Å². The van der Waals surface area contributed by atoms with Gasteiger partial charge in [-0.25, -0.2) is 4.39 Å². The average molecular weight is 324 g/mol. The number of likely N-dealkylation sites (N-methyl/N-ethyl adjacent to an activating group) is 1. The van der Waals surface area contributed by atoms with Crippen molar-refractivity contribution >= 4 is 5.91 Å². The van der Waals surface area contributed by atoms with Crippen molar-refractivity contribution in [2.75, 3.05) is 26.7 Å². The molecule has 2 aliphatic heterocycles. The number of hydrogen-bond acceptors (Lipinski definition) is 2. The molecule has 0 aromatic heterocycles. The zero-order valence-electron chi connectivity index (χ0n) is 13.8. The summed E-state index contributed by atoms with van der Waals surface area (Å²) in [6, 6.07) is 14.5. The van der Waals surface area contributed by atoms with Gasteiger partial charge in [0.2, 0.25) is 0 Å². The van der Waals surface area contributed by atoms with Gasteiger partial charge in [0.15, 0.2) is 0 Å². The van der Waals surface area contributed by atoms with Gasteiger partial charge in [-0.15, -0.1) is 0 Å². The Morgan fingerprint density at radius 2 is 1.83 bits per heavy atom. The Morgan fingerprint density at radius 1 is 1.08 bits per heavy atom. The summed E-state index contributed by atoms with van der Waals surface area (Å²) in [7, 11) is 2.14. The van der Waals surface area contributed by atoms with Crippen LogP contribution in [0.25, 0.3) is 11.1 Å². The molecule has 2 heterocycles. The number of hydrogen-bond donors (Lipinski definition) is 0. The standard InChI is InChI=1S/C20H21FN2O/c1-22-9-8-17-12-23(13-19(17)22)20(24)16-6-2-4-14(10-16)15-5-3-7-18(21)11-15/h2-7,10-11,17,19H,8-9,12-13H2,1H3/t17-,19+/m0/s1. The fraction of sp³-hybridized carbons (Fsp3) is 0.350. The zero-order chi connectivity index (χ0) is 16.7. The Kier molecular flexibility index (Phi) is 3.85. The molecule has 2 saturated heterocycles. The molecule has 124 valence electrons. The Hall–Kier alpha value is -2.20. The predicted molar refractivity (Wildman–Crippen MR) is 92.3 cm³/mol. The van der Waals surface area contributed by atoms with Crippen molar-refractivity contribution in [1.29, 1.82) is 0 Å². The normalized spacial score (nSPS) is 23.5. The van der Waals surface area contributed by atoms with Crippen LogP contribution >= 0.6 is 0 Å². The lowest BCUT2D eigenvalue weighted by atomic mass is 10.0. The fourth-order valence-electron chi connectivity index (χ4n) is 4.02. The summed E-state index contributed by atoms with van der Waals surface area (Å²) in [4.78, 5) is 17.2. The molecule has 4 heteroatoms. The van der Waals surface area contributed by atoms with Crippen LogP contribution < -0.4 is 0 Å². The molecular formula is C20H21FN2O. The monoisotopic (exact) mass is 324 g/mol.